The molecule has 0 N–H and O–H groups in total. The first-order valence-corrected chi connectivity index (χ1v) is 5.17. The Bertz CT molecular complexity index is 188. The minimum Gasteiger partial charge on any atom is -0.328 e. The van der Waals surface area contributed by atoms with Crippen molar-refractivity contribution < 1.29 is 14.2 Å². The van der Waals surface area contributed by atoms with Gasteiger partial charge in [-0.1, -0.05) is 5.11 Å². The van der Waals surface area contributed by atoms with Crippen molar-refractivity contribution in [1.29, 1.82) is 0 Å². The summed E-state index contributed by atoms with van der Waals surface area (Å²) >= 11 is 0. The fraction of sp³-hybridized carbons (Fsp3) is 1.00. The molecule has 0 aliphatic heterocycles. The van der Waals surface area contributed by atoms with E-state index in [1.54, 1.807) is 0 Å². The van der Waals surface area contributed by atoms with E-state index in [1.807, 2.05) is 20.8 Å². The largest absolute Gasteiger partial charge is 0.328 e. The van der Waals surface area contributed by atoms with Gasteiger partial charge < -0.3 is 14.2 Å². The van der Waals surface area contributed by atoms with Crippen molar-refractivity contribution in [2.24, 2.45) is 5.11 Å². The van der Waals surface area contributed by atoms with E-state index in [-0.39, 0.29) is 6.54 Å². The molecule has 6 nitrogen and oxygen atoms in total. The number of nitrogens with zero attached hydrogens (tertiary/aromatic N) is 3. The second-order valence-electron chi connectivity index (χ2n) is 2.69. The number of azide groups is 1. The molecule has 0 unspecified atom stereocenters. The molecule has 0 heterocycles. The number of ether oxygens (including phenoxy) is 3. The Kier molecular flexibility index (Phi) is 8.04. The molecule has 0 aromatic carbocycles. The van der Waals surface area contributed by atoms with Crippen molar-refractivity contribution in [1.82, 2.24) is 0 Å². The van der Waals surface area contributed by atoms with Crippen molar-refractivity contribution in [3.63, 3.8) is 0 Å². The van der Waals surface area contributed by atoms with E-state index < -0.39 is 5.97 Å². The Hall–Kier alpha value is -0.810. The standard InChI is InChI=1S/C9H19N3O3/c1-4-13-9(14-5-2,15-6-3)7-8-11-12-10/h4-8H2,1-3H3. The molecule has 0 saturated heterocycles. The minimum atomic E-state index is -1.06. The second-order valence-corrected chi connectivity index (χ2v) is 2.69. The maximum absolute atomic E-state index is 8.19. The lowest BCUT2D eigenvalue weighted by Gasteiger charge is -2.31. The summed E-state index contributed by atoms with van der Waals surface area (Å²) in [4.78, 5) is 2.68. The highest BCUT2D eigenvalue weighted by atomic mass is 16.9. The molecule has 0 fully saturated rings. The van der Waals surface area contributed by atoms with Gasteiger partial charge in [-0.3, -0.25) is 0 Å². The summed E-state index contributed by atoms with van der Waals surface area (Å²) in [5, 5.41) is 3.44. The third-order valence-electron chi connectivity index (χ3n) is 1.67. The molecule has 0 aromatic rings. The molecule has 0 amide bonds. The highest BCUT2D eigenvalue weighted by Gasteiger charge is 2.31. The van der Waals surface area contributed by atoms with Gasteiger partial charge >= 0.3 is 0 Å². The molecule has 0 atom stereocenters. The Morgan fingerprint density at radius 3 is 1.87 bits per heavy atom. The Morgan fingerprint density at radius 2 is 1.53 bits per heavy atom. The van der Waals surface area contributed by atoms with E-state index in [0.717, 1.165) is 0 Å². The van der Waals surface area contributed by atoms with Crippen LogP contribution in [0.25, 0.3) is 10.4 Å². The maximum atomic E-state index is 8.19. The first kappa shape index (κ1) is 14.2. The van der Waals surface area contributed by atoms with Gasteiger partial charge in [-0.25, -0.2) is 0 Å². The van der Waals surface area contributed by atoms with Crippen LogP contribution in [0.15, 0.2) is 5.11 Å². The van der Waals surface area contributed by atoms with Gasteiger partial charge in [0, 0.05) is 37.7 Å². The van der Waals surface area contributed by atoms with Crippen molar-refractivity contribution in [3.05, 3.63) is 10.4 Å². The number of hydrogen-bond donors (Lipinski definition) is 0. The SMILES string of the molecule is CCOC(CCN=[N+]=[N-])(OCC)OCC. The molecule has 0 aliphatic rings. The Morgan fingerprint density at radius 1 is 1.07 bits per heavy atom. The quantitative estimate of drug-likeness (QED) is 0.257. The molecule has 0 rings (SSSR count). The van der Waals surface area contributed by atoms with E-state index in [1.165, 1.54) is 0 Å². The average Bonchev–Trinajstić information content (AvgIpc) is 2.19. The number of hydrogen-bond acceptors (Lipinski definition) is 4. The van der Waals surface area contributed by atoms with Gasteiger partial charge in [-0.2, -0.15) is 0 Å². The fourth-order valence-electron chi connectivity index (χ4n) is 1.23. The Labute approximate surface area is 90.1 Å². The lowest BCUT2D eigenvalue weighted by Crippen LogP contribution is -2.40. The zero-order valence-corrected chi connectivity index (χ0v) is 9.60. The molecule has 6 heteroatoms. The van der Waals surface area contributed by atoms with Crippen LogP contribution < -0.4 is 0 Å². The summed E-state index contributed by atoms with van der Waals surface area (Å²) in [6.07, 6.45) is 0.395. The van der Waals surface area contributed by atoms with E-state index in [2.05, 4.69) is 10.0 Å². The molecule has 0 spiro atoms. The van der Waals surface area contributed by atoms with Crippen LogP contribution in [0.1, 0.15) is 27.2 Å². The monoisotopic (exact) mass is 217 g/mol. The van der Waals surface area contributed by atoms with Crippen LogP contribution in [0.3, 0.4) is 0 Å². The van der Waals surface area contributed by atoms with E-state index >= 15 is 0 Å². The van der Waals surface area contributed by atoms with Crippen LogP contribution in [-0.4, -0.2) is 32.3 Å². The van der Waals surface area contributed by atoms with Gasteiger partial charge in [0.25, 0.3) is 5.97 Å². The predicted octanol–water partition coefficient (Wildman–Crippen LogP) is 2.45. The lowest BCUT2D eigenvalue weighted by molar-refractivity contribution is -0.378. The summed E-state index contributed by atoms with van der Waals surface area (Å²) < 4.78 is 16.3. The van der Waals surface area contributed by atoms with Crippen molar-refractivity contribution in [2.75, 3.05) is 26.4 Å². The first-order valence-electron chi connectivity index (χ1n) is 5.17. The van der Waals surface area contributed by atoms with Crippen LogP contribution in [0.2, 0.25) is 0 Å². The van der Waals surface area contributed by atoms with E-state index in [9.17, 15) is 0 Å². The third-order valence-corrected chi connectivity index (χ3v) is 1.67. The number of rotatable bonds is 9. The van der Waals surface area contributed by atoms with Gasteiger partial charge in [0.2, 0.25) is 0 Å². The van der Waals surface area contributed by atoms with Gasteiger partial charge in [-0.15, -0.1) is 0 Å². The van der Waals surface area contributed by atoms with Crippen molar-refractivity contribution in [2.45, 2.75) is 33.2 Å². The topological polar surface area (TPSA) is 76.5 Å². The van der Waals surface area contributed by atoms with Gasteiger partial charge in [0.05, 0.1) is 0 Å². The van der Waals surface area contributed by atoms with Crippen LogP contribution in [-0.2, 0) is 14.2 Å². The van der Waals surface area contributed by atoms with Gasteiger partial charge in [0.15, 0.2) is 0 Å². The molecular weight excluding hydrogens is 198 g/mol. The van der Waals surface area contributed by atoms with E-state index in [4.69, 9.17) is 19.7 Å². The molecule has 88 valence electrons. The predicted molar refractivity (Wildman–Crippen MR) is 56.2 cm³/mol. The normalized spacial score (nSPS) is 11.1. The first-order chi connectivity index (χ1) is 7.24. The van der Waals surface area contributed by atoms with Gasteiger partial charge in [0.1, 0.15) is 0 Å². The van der Waals surface area contributed by atoms with Crippen LogP contribution in [0.4, 0.5) is 0 Å². The average molecular weight is 217 g/mol. The summed E-state index contributed by atoms with van der Waals surface area (Å²) in [7, 11) is 0. The maximum Gasteiger partial charge on any atom is 0.282 e. The summed E-state index contributed by atoms with van der Waals surface area (Å²) in [6, 6.07) is 0. The zero-order chi connectivity index (χ0) is 11.6. The fourth-order valence-corrected chi connectivity index (χ4v) is 1.23. The van der Waals surface area contributed by atoms with Crippen molar-refractivity contribution in [3.8, 4) is 0 Å². The highest BCUT2D eigenvalue weighted by molar-refractivity contribution is 4.61. The third kappa shape index (κ3) is 5.59. The summed E-state index contributed by atoms with van der Waals surface area (Å²) in [5.41, 5.74) is 8.19. The highest BCUT2D eigenvalue weighted by Crippen LogP contribution is 2.20. The molecule has 15 heavy (non-hydrogen) atoms. The zero-order valence-electron chi connectivity index (χ0n) is 9.60. The summed E-state index contributed by atoms with van der Waals surface area (Å²) in [5.74, 6) is -1.06. The van der Waals surface area contributed by atoms with E-state index in [0.29, 0.717) is 26.2 Å². The second kappa shape index (κ2) is 8.49. The Balaban J connectivity index is 4.36. The molecule has 0 aliphatic carbocycles. The van der Waals surface area contributed by atoms with Crippen molar-refractivity contribution >= 4 is 0 Å². The lowest BCUT2D eigenvalue weighted by atomic mass is 10.3. The summed E-state index contributed by atoms with van der Waals surface area (Å²) in [6.45, 7) is 7.32. The van der Waals surface area contributed by atoms with Crippen LogP contribution in [0, 0.1) is 0 Å². The molecule has 0 bridgehead atoms. The molecule has 0 saturated carbocycles. The molecule has 0 aromatic heterocycles. The smallest absolute Gasteiger partial charge is 0.282 e. The molecule has 0 radical (unpaired) electrons. The minimum absolute atomic E-state index is 0.288. The van der Waals surface area contributed by atoms with Gasteiger partial charge in [-0.05, 0) is 26.3 Å². The molecular formula is C9H19N3O3. The van der Waals surface area contributed by atoms with Crippen LogP contribution >= 0.6 is 0 Å². The van der Waals surface area contributed by atoms with Crippen LogP contribution in [0.5, 0.6) is 0 Å².